The maximum absolute atomic E-state index is 6.32. The van der Waals surface area contributed by atoms with Gasteiger partial charge in [0.15, 0.2) is 17.5 Å². The summed E-state index contributed by atoms with van der Waals surface area (Å²) in [5.74, 6) is 1.92. The highest BCUT2D eigenvalue weighted by Gasteiger charge is 2.12. The van der Waals surface area contributed by atoms with Gasteiger partial charge < -0.3 is 20.1 Å². The third-order valence-electron chi connectivity index (χ3n) is 3.84. The Morgan fingerprint density at radius 3 is 2.68 bits per heavy atom. The van der Waals surface area contributed by atoms with E-state index in [1.54, 1.807) is 25.5 Å². The number of benzene rings is 1. The summed E-state index contributed by atoms with van der Waals surface area (Å²) in [5.41, 5.74) is 0.982. The Hall–Kier alpha value is -1.26. The number of nitrogens with zero attached hydrogens (tertiary/aromatic N) is 2. The van der Waals surface area contributed by atoms with Gasteiger partial charge in [-0.3, -0.25) is 4.99 Å². The molecule has 28 heavy (non-hydrogen) atoms. The topological polar surface area (TPSA) is 67.8 Å². The Bertz CT molecular complexity index is 770. The number of thiazole rings is 1. The minimum Gasteiger partial charge on any atom is -0.493 e. The van der Waals surface area contributed by atoms with E-state index in [1.165, 1.54) is 4.88 Å². The van der Waals surface area contributed by atoms with E-state index < -0.39 is 0 Å². The molecule has 156 valence electrons. The van der Waals surface area contributed by atoms with Gasteiger partial charge in [0.2, 0.25) is 0 Å². The Morgan fingerprint density at radius 1 is 1.29 bits per heavy atom. The van der Waals surface area contributed by atoms with E-state index in [-0.39, 0.29) is 24.0 Å². The van der Waals surface area contributed by atoms with Gasteiger partial charge in [-0.15, -0.1) is 35.3 Å². The van der Waals surface area contributed by atoms with Crippen LogP contribution in [-0.4, -0.2) is 38.3 Å². The van der Waals surface area contributed by atoms with Gasteiger partial charge in [-0.25, -0.2) is 4.98 Å². The molecule has 9 heteroatoms. The van der Waals surface area contributed by atoms with Crippen LogP contribution in [0, 0.1) is 0 Å². The number of aromatic nitrogens is 1. The number of rotatable bonds is 9. The van der Waals surface area contributed by atoms with E-state index in [1.807, 2.05) is 25.3 Å². The van der Waals surface area contributed by atoms with Gasteiger partial charge in [-0.2, -0.15) is 0 Å². The standard InChI is InChI=1S/C19H27ClN4O2S.HI/c1-5-14-12-23-17(27-14)7-8-22-19(21-3)24-11-13-9-15(20)18(26-6-2)16(10-13)25-4;/h9-10,12H,5-8,11H2,1-4H3,(H2,21,22,24);1H. The monoisotopic (exact) mass is 538 g/mol. The van der Waals surface area contributed by atoms with Crippen LogP contribution in [0.15, 0.2) is 23.3 Å². The summed E-state index contributed by atoms with van der Waals surface area (Å²) in [6, 6.07) is 3.79. The van der Waals surface area contributed by atoms with Crippen LogP contribution in [0.2, 0.25) is 5.02 Å². The molecule has 0 fully saturated rings. The number of guanidine groups is 1. The Labute approximate surface area is 193 Å². The van der Waals surface area contributed by atoms with Crippen molar-refractivity contribution in [3.8, 4) is 11.5 Å². The van der Waals surface area contributed by atoms with E-state index in [2.05, 4.69) is 27.5 Å². The van der Waals surface area contributed by atoms with Gasteiger partial charge in [0, 0.05) is 37.6 Å². The molecule has 0 aliphatic carbocycles. The molecular formula is C19H28ClIN4O2S. The first kappa shape index (κ1) is 24.8. The number of nitrogens with one attached hydrogen (secondary N) is 2. The Kier molecular flexibility index (Phi) is 11.6. The van der Waals surface area contributed by atoms with Crippen LogP contribution in [0.3, 0.4) is 0 Å². The lowest BCUT2D eigenvalue weighted by atomic mass is 10.2. The summed E-state index contributed by atoms with van der Waals surface area (Å²) in [5, 5.41) is 8.26. The van der Waals surface area contributed by atoms with Gasteiger partial charge in [-0.1, -0.05) is 18.5 Å². The van der Waals surface area contributed by atoms with E-state index in [0.29, 0.717) is 29.7 Å². The van der Waals surface area contributed by atoms with Gasteiger partial charge in [0.25, 0.3) is 0 Å². The first-order valence-electron chi connectivity index (χ1n) is 8.98. The van der Waals surface area contributed by atoms with E-state index >= 15 is 0 Å². The van der Waals surface area contributed by atoms with Gasteiger partial charge in [-0.05, 0) is 31.0 Å². The first-order valence-corrected chi connectivity index (χ1v) is 10.2. The van der Waals surface area contributed by atoms with Crippen molar-refractivity contribution in [3.05, 3.63) is 38.8 Å². The molecule has 1 heterocycles. The average Bonchev–Trinajstić information content (AvgIpc) is 3.14. The predicted molar refractivity (Wildman–Crippen MR) is 128 cm³/mol. The number of halogens is 2. The molecule has 0 radical (unpaired) electrons. The molecule has 0 bridgehead atoms. The van der Waals surface area contributed by atoms with Crippen LogP contribution in [0.5, 0.6) is 11.5 Å². The predicted octanol–water partition coefficient (Wildman–Crippen LogP) is 4.29. The van der Waals surface area contributed by atoms with Crippen LogP contribution in [0.25, 0.3) is 0 Å². The smallest absolute Gasteiger partial charge is 0.191 e. The summed E-state index contributed by atoms with van der Waals surface area (Å²) in [6.45, 7) is 5.92. The lowest BCUT2D eigenvalue weighted by Gasteiger charge is -2.15. The van der Waals surface area contributed by atoms with Crippen molar-refractivity contribution in [3.63, 3.8) is 0 Å². The molecular weight excluding hydrogens is 511 g/mol. The normalized spacial score (nSPS) is 11.0. The molecule has 6 nitrogen and oxygen atoms in total. The summed E-state index contributed by atoms with van der Waals surface area (Å²) < 4.78 is 10.9. The second-order valence-electron chi connectivity index (χ2n) is 5.72. The van der Waals surface area contributed by atoms with Gasteiger partial charge >= 0.3 is 0 Å². The number of hydrogen-bond acceptors (Lipinski definition) is 5. The number of aryl methyl sites for hydroxylation is 1. The molecule has 0 aliphatic heterocycles. The molecule has 1 aromatic carbocycles. The molecule has 0 saturated heterocycles. The minimum absolute atomic E-state index is 0. The molecule has 0 unspecified atom stereocenters. The van der Waals surface area contributed by atoms with Crippen molar-refractivity contribution in [2.75, 3.05) is 27.3 Å². The molecule has 0 aliphatic rings. The molecule has 2 aromatic rings. The lowest BCUT2D eigenvalue weighted by Crippen LogP contribution is -2.37. The lowest BCUT2D eigenvalue weighted by molar-refractivity contribution is 0.311. The summed E-state index contributed by atoms with van der Waals surface area (Å²) >= 11 is 8.08. The number of ether oxygens (including phenoxy) is 2. The van der Waals surface area contributed by atoms with Crippen LogP contribution in [0.4, 0.5) is 0 Å². The Balaban J connectivity index is 0.00000392. The summed E-state index contributed by atoms with van der Waals surface area (Å²) in [7, 11) is 3.36. The summed E-state index contributed by atoms with van der Waals surface area (Å²) in [4.78, 5) is 10.0. The molecule has 0 amide bonds. The summed E-state index contributed by atoms with van der Waals surface area (Å²) in [6.07, 6.45) is 3.85. The molecule has 0 atom stereocenters. The highest BCUT2D eigenvalue weighted by molar-refractivity contribution is 14.0. The van der Waals surface area contributed by atoms with E-state index in [0.717, 1.165) is 35.9 Å². The van der Waals surface area contributed by atoms with Crippen molar-refractivity contribution in [1.82, 2.24) is 15.6 Å². The highest BCUT2D eigenvalue weighted by Crippen LogP contribution is 2.36. The third kappa shape index (κ3) is 7.29. The number of hydrogen-bond donors (Lipinski definition) is 2. The van der Waals surface area contributed by atoms with Crippen molar-refractivity contribution >= 4 is 52.9 Å². The zero-order chi connectivity index (χ0) is 19.6. The molecule has 2 N–H and O–H groups in total. The first-order chi connectivity index (χ1) is 13.1. The fraction of sp³-hybridized carbons (Fsp3) is 0.474. The van der Waals surface area contributed by atoms with Gasteiger partial charge in [0.05, 0.1) is 23.7 Å². The van der Waals surface area contributed by atoms with Crippen molar-refractivity contribution in [1.29, 1.82) is 0 Å². The molecule has 2 rings (SSSR count). The quantitative estimate of drug-likeness (QED) is 0.283. The fourth-order valence-electron chi connectivity index (χ4n) is 2.48. The zero-order valence-electron chi connectivity index (χ0n) is 16.7. The molecule has 0 spiro atoms. The minimum atomic E-state index is 0. The maximum Gasteiger partial charge on any atom is 0.191 e. The van der Waals surface area contributed by atoms with Crippen LogP contribution in [-0.2, 0) is 19.4 Å². The average molecular weight is 539 g/mol. The van der Waals surface area contributed by atoms with Crippen LogP contribution >= 0.6 is 46.9 Å². The number of methoxy groups -OCH3 is 1. The molecule has 0 saturated carbocycles. The highest BCUT2D eigenvalue weighted by atomic mass is 127. The fourth-order valence-corrected chi connectivity index (χ4v) is 3.63. The van der Waals surface area contributed by atoms with E-state index in [4.69, 9.17) is 21.1 Å². The van der Waals surface area contributed by atoms with E-state index in [9.17, 15) is 0 Å². The SMILES string of the molecule is CCOc1c(Cl)cc(CNC(=NC)NCCc2ncc(CC)s2)cc1OC.I. The maximum atomic E-state index is 6.32. The third-order valence-corrected chi connectivity index (χ3v) is 5.32. The molecule has 1 aromatic heterocycles. The van der Waals surface area contributed by atoms with Gasteiger partial charge in [0.1, 0.15) is 0 Å². The largest absolute Gasteiger partial charge is 0.493 e. The van der Waals surface area contributed by atoms with Crippen LogP contribution < -0.4 is 20.1 Å². The van der Waals surface area contributed by atoms with Crippen molar-refractivity contribution < 1.29 is 9.47 Å². The second-order valence-corrected chi connectivity index (χ2v) is 7.33. The Morgan fingerprint density at radius 2 is 2.07 bits per heavy atom. The van der Waals surface area contributed by atoms with Crippen molar-refractivity contribution in [2.45, 2.75) is 33.2 Å². The van der Waals surface area contributed by atoms with Crippen molar-refractivity contribution in [2.24, 2.45) is 4.99 Å². The number of aliphatic imine (C=N–C) groups is 1. The zero-order valence-corrected chi connectivity index (χ0v) is 20.6. The second kappa shape index (κ2) is 13.1. The van der Waals surface area contributed by atoms with Crippen LogP contribution in [0.1, 0.15) is 29.3 Å².